The van der Waals surface area contributed by atoms with Crippen molar-refractivity contribution < 1.29 is 26.5 Å². The molecule has 13 heteroatoms. The van der Waals surface area contributed by atoms with Gasteiger partial charge in [-0.1, -0.05) is 53.7 Å². The van der Waals surface area contributed by atoms with Crippen molar-refractivity contribution >= 4 is 48.5 Å². The Morgan fingerprint density at radius 2 is 1.33 bits per heavy atom. The predicted octanol–water partition coefficient (Wildman–Crippen LogP) is 6.89. The molecule has 3 aromatic rings. The monoisotopic (exact) mass is 618 g/mol. The summed E-state index contributed by atoms with van der Waals surface area (Å²) in [5.74, 6) is 0.296. The Labute approximate surface area is 247 Å². The number of nitro benzene ring substituents is 1. The molecule has 228 valence electrons. The zero-order chi connectivity index (χ0) is 31.6. The number of nitrogens with zero attached hydrogens (tertiary/aromatic N) is 1. The van der Waals surface area contributed by atoms with Crippen molar-refractivity contribution in [3.63, 3.8) is 0 Å². The second kappa shape index (κ2) is 12.6. The Bertz CT molecular complexity index is 1670. The highest BCUT2D eigenvalue weighted by Gasteiger charge is 2.28. The lowest BCUT2D eigenvalue weighted by Gasteiger charge is -2.23. The first-order valence-electron chi connectivity index (χ1n) is 13.3. The molecule has 0 unspecified atom stereocenters. The summed E-state index contributed by atoms with van der Waals surface area (Å²) in [7, 11) is -6.36. The molecule has 0 atom stereocenters. The van der Waals surface area contributed by atoms with Crippen LogP contribution in [-0.2, 0) is 20.0 Å². The summed E-state index contributed by atoms with van der Waals surface area (Å²) in [5, 5.41) is 14.9. The molecule has 0 aliphatic rings. The van der Waals surface area contributed by atoms with Crippen molar-refractivity contribution in [1.29, 1.82) is 0 Å². The molecule has 0 radical (unpaired) electrons. The molecule has 0 saturated carbocycles. The van der Waals surface area contributed by atoms with E-state index in [4.69, 9.17) is 4.74 Å². The zero-order valence-electron chi connectivity index (χ0n) is 25.0. The molecule has 0 aliphatic carbocycles. The topological polar surface area (TPSA) is 157 Å². The first-order chi connectivity index (χ1) is 19.4. The molecule has 0 bridgehead atoms. The van der Waals surface area contributed by atoms with Crippen molar-refractivity contribution in [1.82, 2.24) is 0 Å². The van der Waals surface area contributed by atoms with Gasteiger partial charge in [-0.05, 0) is 64.8 Å². The maximum absolute atomic E-state index is 13.8. The van der Waals surface area contributed by atoms with Gasteiger partial charge in [-0.3, -0.25) is 19.6 Å². The van der Waals surface area contributed by atoms with Gasteiger partial charge in [0.25, 0.3) is 15.7 Å². The van der Waals surface area contributed by atoms with Gasteiger partial charge in [-0.15, -0.1) is 0 Å². The predicted molar refractivity (Wildman–Crippen MR) is 167 cm³/mol. The molecule has 3 aromatic carbocycles. The second-order valence-corrected chi connectivity index (χ2v) is 14.4. The molecule has 0 spiro atoms. The molecule has 0 aromatic heterocycles. The summed E-state index contributed by atoms with van der Waals surface area (Å²) in [5.41, 5.74) is 2.61. The maximum Gasteiger partial charge on any atom is 0.294 e. The third-order valence-electron chi connectivity index (χ3n) is 6.57. The molecule has 0 fully saturated rings. The third kappa shape index (κ3) is 7.71. The zero-order valence-corrected chi connectivity index (χ0v) is 26.6. The highest BCUT2D eigenvalue weighted by atomic mass is 32.2. The summed E-state index contributed by atoms with van der Waals surface area (Å²) in [6.45, 7) is 11.8. The number of nitro groups is 1. The number of hydrogen-bond acceptors (Lipinski definition) is 8. The van der Waals surface area contributed by atoms with Gasteiger partial charge in [0, 0.05) is 11.8 Å². The van der Waals surface area contributed by atoms with Crippen molar-refractivity contribution in [2.45, 2.75) is 64.2 Å². The number of ether oxygens (including phenoxy) is 1. The number of anilines is 4. The minimum Gasteiger partial charge on any atom is -0.495 e. The maximum atomic E-state index is 13.8. The van der Waals surface area contributed by atoms with Gasteiger partial charge in [0.05, 0.1) is 34.6 Å². The van der Waals surface area contributed by atoms with E-state index in [1.807, 2.05) is 39.8 Å². The molecule has 0 heterocycles. The van der Waals surface area contributed by atoms with Crippen LogP contribution in [0.3, 0.4) is 0 Å². The lowest BCUT2D eigenvalue weighted by Crippen LogP contribution is -2.19. The van der Waals surface area contributed by atoms with Crippen LogP contribution in [0.4, 0.5) is 28.4 Å². The van der Waals surface area contributed by atoms with E-state index in [-0.39, 0.29) is 51.1 Å². The first kappa shape index (κ1) is 32.7. The van der Waals surface area contributed by atoms with E-state index in [0.717, 1.165) is 17.9 Å². The van der Waals surface area contributed by atoms with Crippen molar-refractivity contribution in [2.24, 2.45) is 0 Å². The molecule has 3 rings (SSSR count). The number of hydrogen-bond donors (Lipinski definition) is 3. The number of nitrogens with one attached hydrogen (secondary N) is 3. The van der Waals surface area contributed by atoms with Gasteiger partial charge in [-0.25, -0.2) is 16.8 Å². The van der Waals surface area contributed by atoms with E-state index in [9.17, 15) is 26.9 Å². The van der Waals surface area contributed by atoms with E-state index in [1.165, 1.54) is 31.4 Å². The summed E-state index contributed by atoms with van der Waals surface area (Å²) < 4.78 is 61.3. The van der Waals surface area contributed by atoms with E-state index >= 15 is 0 Å². The highest BCUT2D eigenvalue weighted by molar-refractivity contribution is 7.93. The second-order valence-electron chi connectivity index (χ2n) is 11.0. The van der Waals surface area contributed by atoms with E-state index < -0.39 is 25.0 Å². The van der Waals surface area contributed by atoms with Crippen LogP contribution in [0, 0.1) is 10.1 Å². The summed E-state index contributed by atoms with van der Waals surface area (Å²) in [6.07, 6.45) is 0.990. The minimum absolute atomic E-state index is 0.0266. The molecule has 0 aliphatic heterocycles. The fourth-order valence-corrected chi connectivity index (χ4v) is 6.79. The number of benzene rings is 3. The van der Waals surface area contributed by atoms with Crippen LogP contribution in [0.5, 0.6) is 5.75 Å². The van der Waals surface area contributed by atoms with Gasteiger partial charge in [0.15, 0.2) is 0 Å². The number of methoxy groups -OCH3 is 1. The fraction of sp³-hybridized carbons (Fsp3) is 0.379. The van der Waals surface area contributed by atoms with Crippen LogP contribution in [0.25, 0.3) is 0 Å². The smallest absolute Gasteiger partial charge is 0.294 e. The van der Waals surface area contributed by atoms with Gasteiger partial charge in [0.1, 0.15) is 11.4 Å². The van der Waals surface area contributed by atoms with Gasteiger partial charge in [0.2, 0.25) is 10.0 Å². The number of sulfonamides is 2. The average Bonchev–Trinajstić information content (AvgIpc) is 2.87. The van der Waals surface area contributed by atoms with Crippen LogP contribution >= 0.6 is 0 Å². The van der Waals surface area contributed by atoms with Crippen LogP contribution in [-0.4, -0.2) is 35.1 Å². The molecular weight excluding hydrogens is 580 g/mol. The minimum atomic E-state index is -4.12. The lowest BCUT2D eigenvalue weighted by molar-refractivity contribution is -0.383. The molecule has 11 nitrogen and oxygen atoms in total. The van der Waals surface area contributed by atoms with Crippen molar-refractivity contribution in [3.05, 3.63) is 75.3 Å². The summed E-state index contributed by atoms with van der Waals surface area (Å²) in [6, 6.07) is 12.3. The summed E-state index contributed by atoms with van der Waals surface area (Å²) in [4.78, 5) is 11.6. The Morgan fingerprint density at radius 1 is 0.762 bits per heavy atom. The van der Waals surface area contributed by atoms with E-state index in [0.29, 0.717) is 16.8 Å². The van der Waals surface area contributed by atoms with Crippen LogP contribution in [0.2, 0.25) is 0 Å². The Morgan fingerprint density at radius 3 is 1.81 bits per heavy atom. The molecular formula is C29H38N4O7S2. The highest BCUT2D eigenvalue weighted by Crippen LogP contribution is 2.38. The Balaban J connectivity index is 2.05. The SMILES string of the molecule is COc1ccc(Nc2ccc(NS(=O)(=O)c3c(C(C)C)cc(C(C)C)cc3C(C)C)cc2[N+](=O)[O-])cc1NS(C)(=O)=O. The molecule has 3 N–H and O–H groups in total. The van der Waals surface area contributed by atoms with Crippen molar-refractivity contribution in [2.75, 3.05) is 28.1 Å². The standard InChI is InChI=1S/C29H38N4O7S2/c1-17(2)20-13-23(18(3)4)29(24(14-20)19(5)6)42(38,39)31-22-9-11-25(27(16-22)33(34)35)30-21-10-12-28(40-7)26(15-21)32-41(8,36)37/h9-19,30-32H,1-8H3. The van der Waals surface area contributed by atoms with Gasteiger partial charge in [-0.2, -0.15) is 0 Å². The first-order valence-corrected chi connectivity index (χ1v) is 16.7. The third-order valence-corrected chi connectivity index (χ3v) is 8.67. The molecule has 42 heavy (non-hydrogen) atoms. The quantitative estimate of drug-likeness (QED) is 0.146. The number of rotatable bonds is 12. The summed E-state index contributed by atoms with van der Waals surface area (Å²) >= 11 is 0. The van der Waals surface area contributed by atoms with Crippen molar-refractivity contribution in [3.8, 4) is 5.75 Å². The Hall–Kier alpha value is -3.84. The van der Waals surface area contributed by atoms with Crippen LogP contribution < -0.4 is 19.5 Å². The fourth-order valence-electron chi connectivity index (χ4n) is 4.48. The van der Waals surface area contributed by atoms with Crippen LogP contribution in [0.15, 0.2) is 53.4 Å². The van der Waals surface area contributed by atoms with E-state index in [2.05, 4.69) is 28.6 Å². The molecule has 0 amide bonds. The van der Waals surface area contributed by atoms with Gasteiger partial charge >= 0.3 is 0 Å². The Kier molecular flexibility index (Phi) is 9.78. The average molecular weight is 619 g/mol. The lowest BCUT2D eigenvalue weighted by atomic mass is 9.89. The molecule has 0 saturated heterocycles. The largest absolute Gasteiger partial charge is 0.495 e. The normalized spacial score (nSPS) is 12.1. The van der Waals surface area contributed by atoms with E-state index in [1.54, 1.807) is 6.07 Å². The van der Waals surface area contributed by atoms with Gasteiger partial charge < -0.3 is 10.1 Å². The van der Waals surface area contributed by atoms with Crippen LogP contribution in [0.1, 0.15) is 76.0 Å².